The Balaban J connectivity index is 3.26. The fraction of sp³-hybridized carbons (Fsp3) is 0.867. The second-order valence-electron chi connectivity index (χ2n) is 10.6. The average Bonchev–Trinajstić information content (AvgIpc) is 2.77. The van der Waals surface area contributed by atoms with Crippen molar-refractivity contribution >= 4 is 11.9 Å². The standard InChI is InChI=1S/C30H56O4/c1-27(2)23-25-33-29(31)21-19-17-15-13-11-9-7-5-6-8-10-12-14-16-18-20-22-30(32)34-26-24-28(3)4/h9,11,27-28H,5-8,10,12-26H2,1-4H3/b11-9+. The normalized spacial score (nSPS) is 11.6. The summed E-state index contributed by atoms with van der Waals surface area (Å²) in [4.78, 5) is 23.2. The molecule has 34 heavy (non-hydrogen) atoms. The minimum absolute atomic E-state index is 0.0239. The first-order valence-electron chi connectivity index (χ1n) is 14.4. The van der Waals surface area contributed by atoms with E-state index in [1.165, 1.54) is 51.4 Å². The molecular formula is C30H56O4. The summed E-state index contributed by atoms with van der Waals surface area (Å²) in [7, 11) is 0. The third-order valence-corrected chi connectivity index (χ3v) is 6.09. The number of hydrogen-bond donors (Lipinski definition) is 0. The van der Waals surface area contributed by atoms with Gasteiger partial charge in [0.05, 0.1) is 13.2 Å². The van der Waals surface area contributed by atoms with Gasteiger partial charge in [0.15, 0.2) is 0 Å². The summed E-state index contributed by atoms with van der Waals surface area (Å²) in [6.07, 6.45) is 24.5. The fourth-order valence-electron chi connectivity index (χ4n) is 3.67. The lowest BCUT2D eigenvalue weighted by molar-refractivity contribution is -0.145. The van der Waals surface area contributed by atoms with Gasteiger partial charge in [-0.1, -0.05) is 91.2 Å². The maximum absolute atomic E-state index is 11.6. The quantitative estimate of drug-likeness (QED) is 0.0785. The molecule has 4 nitrogen and oxygen atoms in total. The summed E-state index contributed by atoms with van der Waals surface area (Å²) in [5.41, 5.74) is 0. The molecule has 0 saturated heterocycles. The lowest BCUT2D eigenvalue weighted by atomic mass is 10.1. The number of ether oxygens (including phenoxy) is 2. The van der Waals surface area contributed by atoms with Gasteiger partial charge in [-0.2, -0.15) is 0 Å². The highest BCUT2D eigenvalue weighted by atomic mass is 16.5. The number of esters is 2. The Morgan fingerprint density at radius 3 is 1.24 bits per heavy atom. The largest absolute Gasteiger partial charge is 0.466 e. The lowest BCUT2D eigenvalue weighted by Gasteiger charge is -2.06. The summed E-state index contributed by atoms with van der Waals surface area (Å²) >= 11 is 0. The van der Waals surface area contributed by atoms with E-state index in [2.05, 4.69) is 39.8 Å². The van der Waals surface area contributed by atoms with Crippen molar-refractivity contribution in [3.63, 3.8) is 0 Å². The van der Waals surface area contributed by atoms with Gasteiger partial charge in [-0.05, 0) is 63.2 Å². The van der Waals surface area contributed by atoms with Crippen molar-refractivity contribution in [3.05, 3.63) is 12.2 Å². The van der Waals surface area contributed by atoms with Crippen molar-refractivity contribution in [3.8, 4) is 0 Å². The third-order valence-electron chi connectivity index (χ3n) is 6.09. The number of allylic oxidation sites excluding steroid dienone is 2. The van der Waals surface area contributed by atoms with Gasteiger partial charge in [0, 0.05) is 12.8 Å². The molecule has 4 heteroatoms. The summed E-state index contributed by atoms with van der Waals surface area (Å²) in [5.74, 6) is 1.12. The molecule has 0 rings (SSSR count). The third kappa shape index (κ3) is 26.9. The highest BCUT2D eigenvalue weighted by Gasteiger charge is 2.04. The van der Waals surface area contributed by atoms with E-state index < -0.39 is 0 Å². The Hall–Kier alpha value is -1.32. The monoisotopic (exact) mass is 480 g/mol. The topological polar surface area (TPSA) is 52.6 Å². The van der Waals surface area contributed by atoms with E-state index in [0.29, 0.717) is 37.9 Å². The molecule has 200 valence electrons. The van der Waals surface area contributed by atoms with E-state index in [0.717, 1.165) is 51.4 Å². The molecule has 0 aliphatic rings. The Labute approximate surface area is 211 Å². The Morgan fingerprint density at radius 1 is 0.529 bits per heavy atom. The number of carbonyl (C=O) groups is 2. The van der Waals surface area contributed by atoms with Crippen LogP contribution in [-0.2, 0) is 19.1 Å². The number of rotatable bonds is 24. The molecule has 0 unspecified atom stereocenters. The Kier molecular flexibility index (Phi) is 23.8. The van der Waals surface area contributed by atoms with Crippen LogP contribution in [0.1, 0.15) is 143 Å². The first kappa shape index (κ1) is 32.7. The first-order valence-corrected chi connectivity index (χ1v) is 14.4. The minimum atomic E-state index is -0.0364. The van der Waals surface area contributed by atoms with Crippen LogP contribution in [0.2, 0.25) is 0 Å². The molecule has 0 aromatic heterocycles. The van der Waals surface area contributed by atoms with Gasteiger partial charge in [-0.15, -0.1) is 0 Å². The van der Waals surface area contributed by atoms with E-state index in [1.807, 2.05) is 0 Å². The van der Waals surface area contributed by atoms with Crippen molar-refractivity contribution in [1.29, 1.82) is 0 Å². The van der Waals surface area contributed by atoms with Crippen molar-refractivity contribution in [2.24, 2.45) is 11.8 Å². The van der Waals surface area contributed by atoms with Crippen molar-refractivity contribution in [2.75, 3.05) is 13.2 Å². The second-order valence-corrected chi connectivity index (χ2v) is 10.6. The molecule has 0 fully saturated rings. The van der Waals surface area contributed by atoms with E-state index in [9.17, 15) is 9.59 Å². The molecule has 0 atom stereocenters. The summed E-state index contributed by atoms with van der Waals surface area (Å²) in [6, 6.07) is 0. The van der Waals surface area contributed by atoms with Gasteiger partial charge in [-0.3, -0.25) is 9.59 Å². The van der Waals surface area contributed by atoms with Gasteiger partial charge in [0.1, 0.15) is 0 Å². The Bertz CT molecular complexity index is 496. The highest BCUT2D eigenvalue weighted by molar-refractivity contribution is 5.69. The van der Waals surface area contributed by atoms with Crippen LogP contribution in [0.4, 0.5) is 0 Å². The lowest BCUT2D eigenvalue weighted by Crippen LogP contribution is -2.07. The Morgan fingerprint density at radius 2 is 0.853 bits per heavy atom. The van der Waals surface area contributed by atoms with Crippen LogP contribution in [0, 0.1) is 11.8 Å². The van der Waals surface area contributed by atoms with Crippen LogP contribution in [0.15, 0.2) is 12.2 Å². The minimum Gasteiger partial charge on any atom is -0.466 e. The molecular weight excluding hydrogens is 424 g/mol. The molecule has 0 aliphatic heterocycles. The van der Waals surface area contributed by atoms with Crippen LogP contribution in [0.5, 0.6) is 0 Å². The molecule has 0 N–H and O–H groups in total. The van der Waals surface area contributed by atoms with Gasteiger partial charge in [0.2, 0.25) is 0 Å². The molecule has 0 bridgehead atoms. The molecule has 0 aliphatic carbocycles. The zero-order valence-electron chi connectivity index (χ0n) is 23.1. The highest BCUT2D eigenvalue weighted by Crippen LogP contribution is 2.12. The predicted octanol–water partition coefficient (Wildman–Crippen LogP) is 8.96. The summed E-state index contributed by atoms with van der Waals surface area (Å²) in [6.45, 7) is 9.72. The fourth-order valence-corrected chi connectivity index (χ4v) is 3.67. The van der Waals surface area contributed by atoms with E-state index in [4.69, 9.17) is 9.47 Å². The molecule has 0 aromatic rings. The second kappa shape index (κ2) is 24.8. The van der Waals surface area contributed by atoms with Gasteiger partial charge in [-0.25, -0.2) is 0 Å². The molecule has 0 aromatic carbocycles. The van der Waals surface area contributed by atoms with Crippen LogP contribution < -0.4 is 0 Å². The van der Waals surface area contributed by atoms with Crippen LogP contribution in [0.3, 0.4) is 0 Å². The van der Waals surface area contributed by atoms with E-state index >= 15 is 0 Å². The van der Waals surface area contributed by atoms with Gasteiger partial charge >= 0.3 is 11.9 Å². The zero-order chi connectivity index (χ0) is 25.3. The molecule has 0 spiro atoms. The predicted molar refractivity (Wildman–Crippen MR) is 144 cm³/mol. The molecule has 0 saturated carbocycles. The number of unbranched alkanes of at least 4 members (excludes halogenated alkanes) is 12. The van der Waals surface area contributed by atoms with E-state index in [-0.39, 0.29) is 11.9 Å². The van der Waals surface area contributed by atoms with Crippen molar-refractivity contribution < 1.29 is 19.1 Å². The molecule has 0 radical (unpaired) electrons. The van der Waals surface area contributed by atoms with E-state index in [1.54, 1.807) is 0 Å². The maximum Gasteiger partial charge on any atom is 0.305 e. The van der Waals surface area contributed by atoms with Crippen LogP contribution in [-0.4, -0.2) is 25.2 Å². The van der Waals surface area contributed by atoms with Gasteiger partial charge in [0.25, 0.3) is 0 Å². The van der Waals surface area contributed by atoms with Gasteiger partial charge < -0.3 is 9.47 Å². The molecule has 0 amide bonds. The number of carbonyl (C=O) groups excluding carboxylic acids is 2. The van der Waals surface area contributed by atoms with Crippen molar-refractivity contribution in [1.82, 2.24) is 0 Å². The summed E-state index contributed by atoms with van der Waals surface area (Å²) in [5, 5.41) is 0. The van der Waals surface area contributed by atoms with Crippen LogP contribution in [0.25, 0.3) is 0 Å². The zero-order valence-corrected chi connectivity index (χ0v) is 23.1. The molecule has 0 heterocycles. The average molecular weight is 481 g/mol. The smallest absolute Gasteiger partial charge is 0.305 e. The van der Waals surface area contributed by atoms with Crippen LogP contribution >= 0.6 is 0 Å². The number of hydrogen-bond acceptors (Lipinski definition) is 4. The summed E-state index contributed by atoms with van der Waals surface area (Å²) < 4.78 is 10.5. The maximum atomic E-state index is 11.6. The first-order chi connectivity index (χ1) is 16.4. The SMILES string of the molecule is CC(C)CCOC(=O)CCCCC/C=C/CCCCCCCCCCCC(=O)OCCC(C)C. The van der Waals surface area contributed by atoms with Crippen molar-refractivity contribution in [2.45, 2.75) is 143 Å².